The number of hydrogen-bond acceptors (Lipinski definition) is 13. The van der Waals surface area contributed by atoms with Gasteiger partial charge >= 0.3 is 0 Å². The lowest BCUT2D eigenvalue weighted by Gasteiger charge is -2.48. The third kappa shape index (κ3) is 6.72. The summed E-state index contributed by atoms with van der Waals surface area (Å²) in [5.41, 5.74) is -0.197. The van der Waals surface area contributed by atoms with E-state index in [0.29, 0.717) is 0 Å². The first kappa shape index (κ1) is 29.6. The van der Waals surface area contributed by atoms with Crippen molar-refractivity contribution in [3.63, 3.8) is 0 Å². The molecule has 1 aromatic rings. The lowest BCUT2D eigenvalue weighted by molar-refractivity contribution is -0.384. The summed E-state index contributed by atoms with van der Waals surface area (Å²) in [6.45, 7) is 0.888. The van der Waals surface area contributed by atoms with Crippen LogP contribution < -0.4 is 15.4 Å². The van der Waals surface area contributed by atoms with Crippen LogP contribution in [0, 0.1) is 10.1 Å². The molecule has 2 heterocycles. The third-order valence-corrected chi connectivity index (χ3v) is 6.06. The molecule has 16 heteroatoms. The molecule has 0 unspecified atom stereocenters. The molecule has 0 radical (unpaired) electrons. The number of rotatable bonds is 9. The fraction of sp³-hybridized carbons (Fsp3) is 0.636. The van der Waals surface area contributed by atoms with Crippen LogP contribution in [0.25, 0.3) is 0 Å². The highest BCUT2D eigenvalue weighted by Gasteiger charge is 2.52. The molecule has 7 N–H and O–H groups in total. The normalized spacial score (nSPS) is 35.2. The fourth-order valence-corrected chi connectivity index (χ4v) is 4.25. The zero-order valence-corrected chi connectivity index (χ0v) is 20.4. The number of nitrogens with zero attached hydrogens (tertiary/aromatic N) is 1. The summed E-state index contributed by atoms with van der Waals surface area (Å²) in [5, 5.41) is 67.2. The Morgan fingerprint density at radius 1 is 0.895 bits per heavy atom. The number of nitrogens with one attached hydrogen (secondary N) is 2. The highest BCUT2D eigenvalue weighted by Crippen LogP contribution is 2.31. The van der Waals surface area contributed by atoms with Gasteiger partial charge in [0, 0.05) is 26.0 Å². The lowest BCUT2D eigenvalue weighted by Crippen LogP contribution is -2.69. The topological polar surface area (TPSA) is 239 Å². The van der Waals surface area contributed by atoms with Crippen LogP contribution in [0.5, 0.6) is 5.75 Å². The largest absolute Gasteiger partial charge is 0.463 e. The zero-order valence-electron chi connectivity index (χ0n) is 20.4. The summed E-state index contributed by atoms with van der Waals surface area (Å²) in [6.07, 6.45) is -11.8. The van der Waals surface area contributed by atoms with Crippen LogP contribution in [-0.4, -0.2) is 117 Å². The summed E-state index contributed by atoms with van der Waals surface area (Å²) >= 11 is 0. The van der Waals surface area contributed by atoms with Crippen molar-refractivity contribution in [2.45, 2.75) is 75.1 Å². The predicted octanol–water partition coefficient (Wildman–Crippen LogP) is -3.11. The molecule has 2 saturated heterocycles. The molecule has 16 nitrogen and oxygen atoms in total. The van der Waals surface area contributed by atoms with E-state index in [4.69, 9.17) is 18.9 Å². The van der Waals surface area contributed by atoms with E-state index in [-0.39, 0.29) is 11.4 Å². The van der Waals surface area contributed by atoms with Crippen molar-refractivity contribution in [2.75, 3.05) is 13.2 Å². The number of ether oxygens (including phenoxy) is 4. The standard InChI is InChI=1S/C22H31N3O13/c1-9(28)23-15-18(31)17(30)13(7-26)36-22(15)38-20-14(8-27)37-21(16(19(20)32)24-10(2)29)35-12-5-3-11(4-6-12)25(33)34/h3-6,13-22,26-27,30-32H,7-8H2,1-2H3,(H,23,28)(H,24,29)/t13-,14+,15+,16-,17+,18-,19+,20-,21+,22+/m1/s1. The van der Waals surface area contributed by atoms with Gasteiger partial charge in [-0.3, -0.25) is 19.7 Å². The molecule has 0 spiro atoms. The third-order valence-electron chi connectivity index (χ3n) is 6.06. The number of non-ortho nitro benzene ring substituents is 1. The molecule has 0 aliphatic carbocycles. The maximum Gasteiger partial charge on any atom is 0.269 e. The molecule has 212 valence electrons. The first-order valence-electron chi connectivity index (χ1n) is 11.6. The molecule has 0 bridgehead atoms. The van der Waals surface area contributed by atoms with Crippen molar-refractivity contribution < 1.29 is 59.0 Å². The van der Waals surface area contributed by atoms with E-state index in [2.05, 4.69) is 10.6 Å². The Bertz CT molecular complexity index is 980. The molecule has 1 aromatic carbocycles. The second kappa shape index (κ2) is 12.7. The van der Waals surface area contributed by atoms with Crippen LogP contribution in [0.15, 0.2) is 24.3 Å². The van der Waals surface area contributed by atoms with E-state index in [1.165, 1.54) is 31.2 Å². The van der Waals surface area contributed by atoms with Gasteiger partial charge in [-0.2, -0.15) is 0 Å². The molecular weight excluding hydrogens is 514 g/mol. The van der Waals surface area contributed by atoms with Crippen LogP contribution in [0.4, 0.5) is 5.69 Å². The summed E-state index contributed by atoms with van der Waals surface area (Å²) in [4.78, 5) is 33.9. The number of benzene rings is 1. The zero-order chi connectivity index (χ0) is 28.1. The van der Waals surface area contributed by atoms with E-state index in [9.17, 15) is 45.2 Å². The number of carbonyl (C=O) groups excluding carboxylic acids is 2. The van der Waals surface area contributed by atoms with Crippen molar-refractivity contribution in [3.8, 4) is 5.75 Å². The minimum absolute atomic E-state index is 0.100. The molecule has 2 aliphatic heterocycles. The van der Waals surface area contributed by atoms with Crippen molar-refractivity contribution in [3.05, 3.63) is 34.4 Å². The van der Waals surface area contributed by atoms with Crippen molar-refractivity contribution in [1.82, 2.24) is 10.6 Å². The van der Waals surface area contributed by atoms with Gasteiger partial charge in [-0.25, -0.2) is 0 Å². The molecule has 2 amide bonds. The minimum atomic E-state index is -1.63. The predicted molar refractivity (Wildman–Crippen MR) is 123 cm³/mol. The molecule has 3 rings (SSSR count). The SMILES string of the molecule is CC(=O)N[C@@H]1[C@H](O[C@H]2[C@@H](O)[C@@H](NC(C)=O)[C@@H](Oc3ccc([N+](=O)[O-])cc3)O[C@H]2CO)O[C@H](CO)[C@H](O)[C@@H]1O. The quantitative estimate of drug-likeness (QED) is 0.120. The van der Waals surface area contributed by atoms with Gasteiger partial charge in [0.25, 0.3) is 5.69 Å². The number of amides is 2. The first-order chi connectivity index (χ1) is 18.0. The van der Waals surface area contributed by atoms with Gasteiger partial charge in [0.1, 0.15) is 54.5 Å². The van der Waals surface area contributed by atoms with Crippen molar-refractivity contribution in [2.24, 2.45) is 0 Å². The molecule has 10 atom stereocenters. The summed E-state index contributed by atoms with van der Waals surface area (Å²) in [5.74, 6) is -1.09. The Kier molecular flexibility index (Phi) is 9.91. The van der Waals surface area contributed by atoms with E-state index < -0.39 is 91.2 Å². The van der Waals surface area contributed by atoms with Gasteiger partial charge in [0.15, 0.2) is 6.29 Å². The highest BCUT2D eigenvalue weighted by atomic mass is 16.7. The van der Waals surface area contributed by atoms with Crippen LogP contribution in [0.1, 0.15) is 13.8 Å². The van der Waals surface area contributed by atoms with E-state index in [1.54, 1.807) is 0 Å². The smallest absolute Gasteiger partial charge is 0.269 e. The summed E-state index contributed by atoms with van der Waals surface area (Å²) in [6, 6.07) is 2.29. The van der Waals surface area contributed by atoms with E-state index >= 15 is 0 Å². The minimum Gasteiger partial charge on any atom is -0.463 e. The van der Waals surface area contributed by atoms with Crippen molar-refractivity contribution >= 4 is 17.5 Å². The second-order valence-corrected chi connectivity index (χ2v) is 8.84. The highest BCUT2D eigenvalue weighted by molar-refractivity contribution is 5.73. The number of nitro groups is 1. The average Bonchev–Trinajstić information content (AvgIpc) is 2.86. The van der Waals surface area contributed by atoms with Gasteiger partial charge in [-0.1, -0.05) is 0 Å². The number of aliphatic hydroxyl groups is 5. The van der Waals surface area contributed by atoms with Gasteiger partial charge in [-0.15, -0.1) is 0 Å². The number of aliphatic hydroxyl groups excluding tert-OH is 5. The van der Waals surface area contributed by atoms with E-state index in [1.807, 2.05) is 0 Å². The summed E-state index contributed by atoms with van der Waals surface area (Å²) in [7, 11) is 0. The van der Waals surface area contributed by atoms with E-state index in [0.717, 1.165) is 6.92 Å². The second-order valence-electron chi connectivity index (χ2n) is 8.84. The monoisotopic (exact) mass is 545 g/mol. The van der Waals surface area contributed by atoms with Crippen LogP contribution in [-0.2, 0) is 23.8 Å². The van der Waals surface area contributed by atoms with Crippen LogP contribution in [0.3, 0.4) is 0 Å². The molecular formula is C22H31N3O13. The first-order valence-corrected chi connectivity index (χ1v) is 11.6. The Labute approximate surface area is 216 Å². The lowest BCUT2D eigenvalue weighted by atomic mass is 9.94. The van der Waals surface area contributed by atoms with Crippen LogP contribution in [0.2, 0.25) is 0 Å². The fourth-order valence-electron chi connectivity index (χ4n) is 4.25. The van der Waals surface area contributed by atoms with Crippen molar-refractivity contribution in [1.29, 1.82) is 0 Å². The van der Waals surface area contributed by atoms with Gasteiger partial charge in [0.2, 0.25) is 18.1 Å². The maximum atomic E-state index is 11.9. The molecule has 0 aromatic heterocycles. The Balaban J connectivity index is 1.86. The molecule has 0 saturated carbocycles. The number of carbonyl (C=O) groups is 2. The van der Waals surface area contributed by atoms with Gasteiger partial charge in [-0.05, 0) is 12.1 Å². The molecule has 2 aliphatic rings. The number of nitro benzene ring substituents is 1. The maximum absolute atomic E-state index is 11.9. The Hall–Kier alpha value is -2.96. The average molecular weight is 545 g/mol. The van der Waals surface area contributed by atoms with Gasteiger partial charge in [0.05, 0.1) is 18.1 Å². The van der Waals surface area contributed by atoms with Crippen LogP contribution >= 0.6 is 0 Å². The Morgan fingerprint density at radius 2 is 1.42 bits per heavy atom. The molecule has 38 heavy (non-hydrogen) atoms. The molecule has 2 fully saturated rings. The van der Waals surface area contributed by atoms with Gasteiger partial charge < -0.3 is 55.1 Å². The summed E-state index contributed by atoms with van der Waals surface area (Å²) < 4.78 is 22.8. The number of hydrogen-bond donors (Lipinski definition) is 7. The Morgan fingerprint density at radius 3 is 1.92 bits per heavy atom.